The lowest BCUT2D eigenvalue weighted by Crippen LogP contribution is -2.41. The largest absolute Gasteiger partial charge is 0.508 e. The van der Waals surface area contributed by atoms with Crippen molar-refractivity contribution in [3.63, 3.8) is 0 Å². The van der Waals surface area contributed by atoms with Gasteiger partial charge in [0.15, 0.2) is 0 Å². The second-order valence-corrected chi connectivity index (χ2v) is 8.78. The number of nitrogens with zero attached hydrogens (tertiary/aromatic N) is 1. The topological polar surface area (TPSA) is 94.1 Å². The first kappa shape index (κ1) is 22.4. The van der Waals surface area contributed by atoms with Gasteiger partial charge in [-0.25, -0.2) is 10.9 Å². The molecular weight excluding hydrogens is 430 g/mol. The Morgan fingerprint density at radius 1 is 0.912 bits per heavy atom. The van der Waals surface area contributed by atoms with Crippen molar-refractivity contribution in [1.29, 1.82) is 0 Å². The summed E-state index contributed by atoms with van der Waals surface area (Å²) in [6.07, 6.45) is 0.501. The Balaban J connectivity index is 1.47. The highest BCUT2D eigenvalue weighted by atomic mass is 16.5. The molecule has 2 fully saturated rings. The fourth-order valence-corrected chi connectivity index (χ4v) is 5.14. The molecule has 1 amide bonds. The summed E-state index contributed by atoms with van der Waals surface area (Å²) in [4.78, 5) is 15.2. The van der Waals surface area contributed by atoms with Crippen molar-refractivity contribution in [1.82, 2.24) is 15.8 Å². The Bertz CT molecular complexity index is 1140. The van der Waals surface area contributed by atoms with Crippen LogP contribution in [-0.4, -0.2) is 40.2 Å². The van der Waals surface area contributed by atoms with E-state index in [-0.39, 0.29) is 36.3 Å². The molecule has 0 aromatic heterocycles. The number of nitrogens with one attached hydrogen (secondary N) is 2. The van der Waals surface area contributed by atoms with Crippen molar-refractivity contribution in [2.45, 2.75) is 31.2 Å². The molecule has 2 aliphatic heterocycles. The van der Waals surface area contributed by atoms with Crippen LogP contribution >= 0.6 is 0 Å². The minimum absolute atomic E-state index is 0.00974. The van der Waals surface area contributed by atoms with Crippen molar-refractivity contribution in [2.24, 2.45) is 5.92 Å². The van der Waals surface area contributed by atoms with E-state index in [9.17, 15) is 15.0 Å². The number of likely N-dealkylation sites (tertiary alicyclic amines) is 1. The van der Waals surface area contributed by atoms with Gasteiger partial charge in [-0.1, -0.05) is 60.7 Å². The van der Waals surface area contributed by atoms with Crippen LogP contribution in [-0.2, 0) is 11.4 Å². The highest BCUT2D eigenvalue weighted by Crippen LogP contribution is 2.48. The second kappa shape index (κ2) is 9.85. The van der Waals surface area contributed by atoms with Gasteiger partial charge in [0.1, 0.15) is 24.1 Å². The molecule has 2 aliphatic rings. The molecule has 0 aliphatic carbocycles. The maximum atomic E-state index is 13.4. The van der Waals surface area contributed by atoms with Gasteiger partial charge in [0.25, 0.3) is 0 Å². The Kier molecular flexibility index (Phi) is 6.49. The van der Waals surface area contributed by atoms with Crippen LogP contribution in [0.25, 0.3) is 0 Å². The molecule has 7 heteroatoms. The number of phenolic OH excluding ortho intramolecular Hbond substituents is 1. The van der Waals surface area contributed by atoms with Gasteiger partial charge in [-0.05, 0) is 35.7 Å². The van der Waals surface area contributed by atoms with E-state index in [1.165, 1.54) is 0 Å². The zero-order chi connectivity index (χ0) is 23.5. The van der Waals surface area contributed by atoms with Gasteiger partial charge in [0.05, 0.1) is 12.1 Å². The molecule has 4 unspecified atom stereocenters. The third-order valence-electron chi connectivity index (χ3n) is 6.69. The molecule has 5 rings (SSSR count). The number of benzene rings is 3. The Morgan fingerprint density at radius 3 is 2.47 bits per heavy atom. The minimum Gasteiger partial charge on any atom is -0.508 e. The monoisotopic (exact) mass is 459 g/mol. The number of hydrogen-bond acceptors (Lipinski definition) is 6. The number of aromatic hydroxyl groups is 1. The summed E-state index contributed by atoms with van der Waals surface area (Å²) in [7, 11) is 0. The standard InChI is InChI=1S/C27H29N3O4/c31-15-7-14-30-26(19-10-6-11-20(16-19)34-17-18-8-2-1-3-9-18)23-24(28-29-25(23)27(30)33)21-12-4-5-13-22(21)32/h1-6,8-13,16,23-26,28-29,31-32H,7,14-15,17H2. The summed E-state index contributed by atoms with van der Waals surface area (Å²) in [5, 5.41) is 20.0. The zero-order valence-corrected chi connectivity index (χ0v) is 18.8. The number of rotatable bonds is 8. The number of carbonyl (C=O) groups is 1. The van der Waals surface area contributed by atoms with E-state index in [4.69, 9.17) is 4.74 Å². The van der Waals surface area contributed by atoms with Crippen LogP contribution in [0.3, 0.4) is 0 Å². The smallest absolute Gasteiger partial charge is 0.242 e. The van der Waals surface area contributed by atoms with Gasteiger partial charge in [-0.15, -0.1) is 0 Å². The van der Waals surface area contributed by atoms with Crippen molar-refractivity contribution in [3.05, 3.63) is 95.6 Å². The lowest BCUT2D eigenvalue weighted by Gasteiger charge is -2.31. The van der Waals surface area contributed by atoms with Gasteiger partial charge >= 0.3 is 0 Å². The van der Waals surface area contributed by atoms with Gasteiger partial charge in [-0.3, -0.25) is 4.79 Å². The summed E-state index contributed by atoms with van der Waals surface area (Å²) < 4.78 is 6.06. The van der Waals surface area contributed by atoms with Crippen LogP contribution in [0.4, 0.5) is 0 Å². The van der Waals surface area contributed by atoms with Gasteiger partial charge in [-0.2, -0.15) is 0 Å². The molecule has 176 valence electrons. The molecular formula is C27H29N3O4. The summed E-state index contributed by atoms with van der Waals surface area (Å²) in [5.41, 5.74) is 9.21. The average Bonchev–Trinajstić information content (AvgIpc) is 3.41. The first-order valence-electron chi connectivity index (χ1n) is 11.6. The lowest BCUT2D eigenvalue weighted by atomic mass is 9.83. The third-order valence-corrected chi connectivity index (χ3v) is 6.69. The molecule has 0 saturated carbocycles. The molecule has 0 radical (unpaired) electrons. The number of hydrazine groups is 1. The molecule has 3 aromatic carbocycles. The highest BCUT2D eigenvalue weighted by Gasteiger charge is 2.55. The van der Waals surface area contributed by atoms with E-state index < -0.39 is 6.04 Å². The second-order valence-electron chi connectivity index (χ2n) is 8.78. The van der Waals surface area contributed by atoms with Crippen molar-refractivity contribution < 1.29 is 19.7 Å². The molecule has 2 heterocycles. The summed E-state index contributed by atoms with van der Waals surface area (Å²) in [6.45, 7) is 0.926. The molecule has 7 nitrogen and oxygen atoms in total. The van der Waals surface area contributed by atoms with E-state index in [0.29, 0.717) is 19.6 Å². The van der Waals surface area contributed by atoms with Crippen LogP contribution in [0.5, 0.6) is 11.5 Å². The number of hydrogen-bond donors (Lipinski definition) is 4. The molecule has 4 atom stereocenters. The quantitative estimate of drug-likeness (QED) is 0.414. The maximum absolute atomic E-state index is 13.4. The summed E-state index contributed by atoms with van der Waals surface area (Å²) in [6, 6.07) is 24.2. The van der Waals surface area contributed by atoms with Crippen molar-refractivity contribution >= 4 is 5.91 Å². The van der Waals surface area contributed by atoms with Gasteiger partial charge in [0, 0.05) is 24.6 Å². The highest BCUT2D eigenvalue weighted by molar-refractivity contribution is 5.86. The zero-order valence-electron chi connectivity index (χ0n) is 18.8. The van der Waals surface area contributed by atoms with Gasteiger partial charge < -0.3 is 19.8 Å². The van der Waals surface area contributed by atoms with Crippen LogP contribution in [0.2, 0.25) is 0 Å². The number of para-hydroxylation sites is 1. The predicted molar refractivity (Wildman–Crippen MR) is 128 cm³/mol. The van der Waals surface area contributed by atoms with E-state index >= 15 is 0 Å². The number of fused-ring (bicyclic) bond motifs is 1. The average molecular weight is 460 g/mol. The Labute approximate surface area is 199 Å². The van der Waals surface area contributed by atoms with Crippen LogP contribution in [0, 0.1) is 5.92 Å². The van der Waals surface area contributed by atoms with Crippen molar-refractivity contribution in [3.8, 4) is 11.5 Å². The predicted octanol–water partition coefficient (Wildman–Crippen LogP) is 3.07. The van der Waals surface area contributed by atoms with E-state index in [2.05, 4.69) is 10.9 Å². The Hall–Kier alpha value is -3.39. The molecule has 4 N–H and O–H groups in total. The Morgan fingerprint density at radius 2 is 1.68 bits per heavy atom. The fourth-order valence-electron chi connectivity index (χ4n) is 5.14. The number of aliphatic hydroxyl groups is 1. The number of aliphatic hydroxyl groups excluding tert-OH is 1. The summed E-state index contributed by atoms with van der Waals surface area (Å²) >= 11 is 0. The number of phenols is 1. The van der Waals surface area contributed by atoms with Crippen molar-refractivity contribution in [2.75, 3.05) is 13.2 Å². The number of ether oxygens (including phenoxy) is 1. The molecule has 0 spiro atoms. The first-order valence-corrected chi connectivity index (χ1v) is 11.6. The first-order chi connectivity index (χ1) is 16.7. The number of carbonyl (C=O) groups excluding carboxylic acids is 1. The van der Waals surface area contributed by atoms with E-state index in [0.717, 1.165) is 22.4 Å². The van der Waals surface area contributed by atoms with E-state index in [1.807, 2.05) is 71.6 Å². The molecule has 3 aromatic rings. The SMILES string of the molecule is O=C1C2NNC(c3ccccc3O)C2C(c2cccc(OCc3ccccc3)c2)N1CCCO. The minimum atomic E-state index is -0.429. The van der Waals surface area contributed by atoms with Crippen LogP contribution < -0.4 is 15.6 Å². The van der Waals surface area contributed by atoms with Gasteiger partial charge in [0.2, 0.25) is 5.91 Å². The maximum Gasteiger partial charge on any atom is 0.242 e. The number of amides is 1. The third kappa shape index (κ3) is 4.25. The lowest BCUT2D eigenvalue weighted by molar-refractivity contribution is -0.130. The van der Waals surface area contributed by atoms with E-state index in [1.54, 1.807) is 12.1 Å². The molecule has 0 bridgehead atoms. The van der Waals surface area contributed by atoms with Crippen LogP contribution in [0.15, 0.2) is 78.9 Å². The molecule has 34 heavy (non-hydrogen) atoms. The fraction of sp³-hybridized carbons (Fsp3) is 0.296. The molecule has 2 saturated heterocycles. The van der Waals surface area contributed by atoms with Crippen LogP contribution in [0.1, 0.15) is 35.2 Å². The summed E-state index contributed by atoms with van der Waals surface area (Å²) in [5.74, 6) is 0.771. The normalized spacial score (nSPS) is 23.8.